The van der Waals surface area contributed by atoms with Gasteiger partial charge in [0.1, 0.15) is 5.76 Å². The molecule has 0 aromatic heterocycles. The molecule has 1 unspecified atom stereocenters. The number of ether oxygens (including phenoxy) is 2. The summed E-state index contributed by atoms with van der Waals surface area (Å²) in [7, 11) is 0. The van der Waals surface area contributed by atoms with Crippen LogP contribution < -0.4 is 9.47 Å². The summed E-state index contributed by atoms with van der Waals surface area (Å²) in [5.41, 5.74) is 2.34. The minimum Gasteiger partial charge on any atom is -0.507 e. The number of carbonyl (C=O) groups is 2. The third-order valence-electron chi connectivity index (χ3n) is 7.17. The van der Waals surface area contributed by atoms with Crippen molar-refractivity contribution in [3.63, 3.8) is 0 Å². The number of rotatable bonds is 14. The second-order valence-corrected chi connectivity index (χ2v) is 10.4. The van der Waals surface area contributed by atoms with Gasteiger partial charge in [-0.05, 0) is 69.9 Å². The molecule has 1 aliphatic heterocycles. The lowest BCUT2D eigenvalue weighted by Crippen LogP contribution is -2.33. The van der Waals surface area contributed by atoms with Crippen LogP contribution in [0.25, 0.3) is 5.76 Å². The lowest BCUT2D eigenvalue weighted by atomic mass is 9.94. The van der Waals surface area contributed by atoms with Gasteiger partial charge in [-0.2, -0.15) is 0 Å². The Bertz CT molecular complexity index is 1150. The van der Waals surface area contributed by atoms with Crippen LogP contribution in [0, 0.1) is 12.8 Å². The van der Waals surface area contributed by atoms with E-state index in [0.29, 0.717) is 54.7 Å². The molecule has 1 amide bonds. The van der Waals surface area contributed by atoms with Gasteiger partial charge in [0.05, 0.1) is 24.8 Å². The number of aryl methyl sites for hydroxylation is 1. The number of benzene rings is 2. The fourth-order valence-electron chi connectivity index (χ4n) is 4.82. The summed E-state index contributed by atoms with van der Waals surface area (Å²) < 4.78 is 11.9. The number of hydrogen-bond acceptors (Lipinski definition) is 6. The van der Waals surface area contributed by atoms with Crippen molar-refractivity contribution in [2.45, 2.75) is 60.4 Å². The number of ketones is 1. The summed E-state index contributed by atoms with van der Waals surface area (Å²) in [5, 5.41) is 11.3. The minimum absolute atomic E-state index is 0.0996. The van der Waals surface area contributed by atoms with Gasteiger partial charge in [-0.25, -0.2) is 0 Å². The Morgan fingerprint density at radius 2 is 1.69 bits per heavy atom. The Balaban J connectivity index is 2.05. The van der Waals surface area contributed by atoms with Gasteiger partial charge in [-0.1, -0.05) is 63.6 Å². The maximum absolute atomic E-state index is 13.4. The van der Waals surface area contributed by atoms with Crippen LogP contribution in [0.1, 0.15) is 70.2 Å². The summed E-state index contributed by atoms with van der Waals surface area (Å²) in [5.74, 6) is 0.262. The van der Waals surface area contributed by atoms with Crippen molar-refractivity contribution in [2.24, 2.45) is 5.92 Å². The molecule has 39 heavy (non-hydrogen) atoms. The molecule has 212 valence electrons. The molecule has 1 atom stereocenters. The summed E-state index contributed by atoms with van der Waals surface area (Å²) in [6, 6.07) is 12.1. The molecule has 0 spiro atoms. The predicted octanol–water partition coefficient (Wildman–Crippen LogP) is 5.97. The molecule has 0 aliphatic carbocycles. The Morgan fingerprint density at radius 3 is 2.31 bits per heavy atom. The van der Waals surface area contributed by atoms with Gasteiger partial charge in [-0.3, -0.25) is 9.59 Å². The molecule has 1 heterocycles. The van der Waals surface area contributed by atoms with Gasteiger partial charge in [0.2, 0.25) is 0 Å². The van der Waals surface area contributed by atoms with E-state index in [1.165, 1.54) is 0 Å². The zero-order chi connectivity index (χ0) is 28.5. The van der Waals surface area contributed by atoms with E-state index < -0.39 is 17.7 Å². The Hall–Kier alpha value is -3.32. The van der Waals surface area contributed by atoms with Crippen molar-refractivity contribution < 1.29 is 24.2 Å². The molecule has 1 N–H and O–H groups in total. The number of amides is 1. The van der Waals surface area contributed by atoms with Crippen LogP contribution in [-0.2, 0) is 9.59 Å². The molecule has 1 aliphatic rings. The first kappa shape index (κ1) is 30.2. The smallest absolute Gasteiger partial charge is 0.295 e. The first-order valence-electron chi connectivity index (χ1n) is 14.2. The fourth-order valence-corrected chi connectivity index (χ4v) is 4.82. The molecule has 0 radical (unpaired) electrons. The highest BCUT2D eigenvalue weighted by atomic mass is 16.5. The van der Waals surface area contributed by atoms with E-state index in [-0.39, 0.29) is 11.3 Å². The van der Waals surface area contributed by atoms with Crippen molar-refractivity contribution >= 4 is 17.4 Å². The first-order chi connectivity index (χ1) is 18.7. The molecule has 1 saturated heterocycles. The normalized spacial score (nSPS) is 16.9. The SMILES string of the molecule is CCOc1cc(C2/C(=C(\O)c3ccc(C)cc3)C(=O)C(=O)N2CCCN(CC)CC)ccc1OCCC(C)C. The molecule has 3 rings (SSSR count). The molecule has 7 heteroatoms. The molecule has 0 saturated carbocycles. The number of hydrogen-bond donors (Lipinski definition) is 1. The second-order valence-electron chi connectivity index (χ2n) is 10.4. The van der Waals surface area contributed by atoms with Crippen molar-refractivity contribution in [3.05, 3.63) is 64.7 Å². The number of aliphatic hydroxyl groups excluding tert-OH is 1. The highest BCUT2D eigenvalue weighted by Crippen LogP contribution is 2.42. The first-order valence-corrected chi connectivity index (χ1v) is 14.2. The molecule has 7 nitrogen and oxygen atoms in total. The number of aliphatic hydroxyl groups is 1. The van der Waals surface area contributed by atoms with E-state index in [2.05, 4.69) is 32.6 Å². The van der Waals surface area contributed by atoms with E-state index in [9.17, 15) is 14.7 Å². The molecule has 1 fully saturated rings. The number of Topliss-reactive ketones (excluding diaryl/α,β-unsaturated/α-hetero) is 1. The molecule has 2 aromatic rings. The Kier molecular flexibility index (Phi) is 11.0. The molecular formula is C32H44N2O5. The van der Waals surface area contributed by atoms with Gasteiger partial charge in [0, 0.05) is 12.1 Å². The summed E-state index contributed by atoms with van der Waals surface area (Å²) in [6.45, 7) is 16.4. The van der Waals surface area contributed by atoms with Crippen LogP contribution in [0.5, 0.6) is 11.5 Å². The van der Waals surface area contributed by atoms with Gasteiger partial charge in [0.25, 0.3) is 11.7 Å². The van der Waals surface area contributed by atoms with Crippen LogP contribution in [0.15, 0.2) is 48.0 Å². The van der Waals surface area contributed by atoms with Crippen LogP contribution in [-0.4, -0.2) is 66.0 Å². The maximum Gasteiger partial charge on any atom is 0.295 e. The Morgan fingerprint density at radius 1 is 1.00 bits per heavy atom. The maximum atomic E-state index is 13.4. The average molecular weight is 537 g/mol. The monoisotopic (exact) mass is 536 g/mol. The summed E-state index contributed by atoms with van der Waals surface area (Å²) >= 11 is 0. The van der Waals surface area contributed by atoms with Gasteiger partial charge in [0.15, 0.2) is 11.5 Å². The van der Waals surface area contributed by atoms with Crippen molar-refractivity contribution in [1.29, 1.82) is 0 Å². The standard InChI is InChI=1S/C32H44N2O5/c1-7-33(8-2)18-10-19-34-29(25-15-16-26(27(21-25)38-9-3)39-20-17-22(4)5)28(31(36)32(34)37)30(35)24-13-11-23(6)12-14-24/h11-16,21-22,29,35H,7-10,17-20H2,1-6H3/b30-28+. The summed E-state index contributed by atoms with van der Waals surface area (Å²) in [6.07, 6.45) is 1.63. The topological polar surface area (TPSA) is 79.3 Å². The minimum atomic E-state index is -0.730. The van der Waals surface area contributed by atoms with E-state index >= 15 is 0 Å². The highest BCUT2D eigenvalue weighted by Gasteiger charge is 2.46. The van der Waals surface area contributed by atoms with E-state index in [0.717, 1.165) is 31.6 Å². The quantitative estimate of drug-likeness (QED) is 0.182. The highest BCUT2D eigenvalue weighted by molar-refractivity contribution is 6.46. The van der Waals surface area contributed by atoms with E-state index in [1.807, 2.05) is 44.2 Å². The lowest BCUT2D eigenvalue weighted by molar-refractivity contribution is -0.140. The average Bonchev–Trinajstić information content (AvgIpc) is 3.17. The number of carbonyl (C=O) groups excluding carboxylic acids is 2. The fraction of sp³-hybridized carbons (Fsp3) is 0.500. The van der Waals surface area contributed by atoms with Gasteiger partial charge in [-0.15, -0.1) is 0 Å². The van der Waals surface area contributed by atoms with Crippen molar-refractivity contribution in [3.8, 4) is 11.5 Å². The van der Waals surface area contributed by atoms with Crippen LogP contribution in [0.3, 0.4) is 0 Å². The van der Waals surface area contributed by atoms with Crippen LogP contribution in [0.4, 0.5) is 0 Å². The van der Waals surface area contributed by atoms with Crippen molar-refractivity contribution in [2.75, 3.05) is 39.4 Å². The van der Waals surface area contributed by atoms with Crippen LogP contribution >= 0.6 is 0 Å². The number of nitrogens with zero attached hydrogens (tertiary/aromatic N) is 2. The molecular weight excluding hydrogens is 492 g/mol. The zero-order valence-electron chi connectivity index (χ0n) is 24.3. The predicted molar refractivity (Wildman–Crippen MR) is 155 cm³/mol. The third kappa shape index (κ3) is 7.41. The molecule has 2 aromatic carbocycles. The third-order valence-corrected chi connectivity index (χ3v) is 7.17. The second kappa shape index (κ2) is 14.2. The lowest BCUT2D eigenvalue weighted by Gasteiger charge is -2.27. The van der Waals surface area contributed by atoms with Crippen LogP contribution in [0.2, 0.25) is 0 Å². The van der Waals surface area contributed by atoms with Gasteiger partial charge < -0.3 is 24.4 Å². The largest absolute Gasteiger partial charge is 0.507 e. The van der Waals surface area contributed by atoms with E-state index in [1.54, 1.807) is 17.0 Å². The Labute approximate surface area is 233 Å². The zero-order valence-corrected chi connectivity index (χ0v) is 24.3. The number of likely N-dealkylation sites (tertiary alicyclic amines) is 1. The molecule has 0 bridgehead atoms. The summed E-state index contributed by atoms with van der Waals surface area (Å²) in [4.78, 5) is 30.6. The van der Waals surface area contributed by atoms with E-state index in [4.69, 9.17) is 9.47 Å². The van der Waals surface area contributed by atoms with Crippen molar-refractivity contribution in [1.82, 2.24) is 9.80 Å². The van der Waals surface area contributed by atoms with Gasteiger partial charge >= 0.3 is 0 Å².